The van der Waals surface area contributed by atoms with Crippen molar-refractivity contribution in [1.82, 2.24) is 0 Å². The van der Waals surface area contributed by atoms with Crippen LogP contribution in [0.15, 0.2) is 54.6 Å². The van der Waals surface area contributed by atoms with Crippen molar-refractivity contribution in [2.75, 3.05) is 0 Å². The molecule has 0 aliphatic rings. The minimum atomic E-state index is 0.137. The van der Waals surface area contributed by atoms with E-state index in [1.54, 1.807) is 0 Å². The van der Waals surface area contributed by atoms with Gasteiger partial charge in [0.25, 0.3) is 0 Å². The first kappa shape index (κ1) is 16.5. The molecule has 0 saturated carbocycles. The van der Waals surface area contributed by atoms with Gasteiger partial charge in [-0.3, -0.25) is 0 Å². The zero-order valence-corrected chi connectivity index (χ0v) is 13.0. The van der Waals surface area contributed by atoms with Gasteiger partial charge >= 0.3 is 0 Å². The van der Waals surface area contributed by atoms with Crippen molar-refractivity contribution in [2.45, 2.75) is 46.1 Å². The molecule has 0 aliphatic heterocycles. The second kappa shape index (κ2) is 8.55. The number of aliphatic hydroxyl groups excluding tert-OH is 1. The molecule has 0 saturated heterocycles. The molecule has 0 fully saturated rings. The molecule has 1 nitrogen and oxygen atoms in total. The smallest absolute Gasteiger partial charge is 0.0681 e. The number of rotatable bonds is 3. The van der Waals surface area contributed by atoms with E-state index in [1.165, 1.54) is 11.1 Å². The predicted octanol–water partition coefficient (Wildman–Crippen LogP) is 5.11. The molecule has 0 bridgehead atoms. The van der Waals surface area contributed by atoms with Gasteiger partial charge in [-0.1, -0.05) is 82.3 Å². The lowest BCUT2D eigenvalue weighted by Crippen LogP contribution is -1.88. The Kier molecular flexibility index (Phi) is 7.03. The summed E-state index contributed by atoms with van der Waals surface area (Å²) in [5.41, 5.74) is 3.72. The molecule has 2 aromatic carbocycles. The van der Waals surface area contributed by atoms with Gasteiger partial charge in [0.1, 0.15) is 0 Å². The fraction of sp³-hybridized carbons (Fsp3) is 0.368. The summed E-state index contributed by atoms with van der Waals surface area (Å²) < 4.78 is 0. The highest BCUT2D eigenvalue weighted by Gasteiger charge is 1.97. The third-order valence-corrected chi connectivity index (χ3v) is 3.30. The maximum atomic E-state index is 8.77. The van der Waals surface area contributed by atoms with Crippen LogP contribution in [-0.2, 0) is 6.61 Å². The van der Waals surface area contributed by atoms with Gasteiger partial charge in [0.05, 0.1) is 6.61 Å². The van der Waals surface area contributed by atoms with E-state index in [0.717, 1.165) is 5.56 Å². The van der Waals surface area contributed by atoms with Crippen LogP contribution in [-0.4, -0.2) is 5.11 Å². The largest absolute Gasteiger partial charge is 0.392 e. The van der Waals surface area contributed by atoms with Gasteiger partial charge in [0, 0.05) is 0 Å². The normalized spacial score (nSPS) is 10.3. The van der Waals surface area contributed by atoms with Crippen molar-refractivity contribution in [2.24, 2.45) is 0 Å². The Morgan fingerprint density at radius 1 is 0.700 bits per heavy atom. The fourth-order valence-electron chi connectivity index (χ4n) is 1.85. The molecule has 0 amide bonds. The van der Waals surface area contributed by atoms with Crippen LogP contribution < -0.4 is 0 Å². The highest BCUT2D eigenvalue weighted by Crippen LogP contribution is 2.14. The number of hydrogen-bond acceptors (Lipinski definition) is 1. The summed E-state index contributed by atoms with van der Waals surface area (Å²) in [4.78, 5) is 0. The zero-order chi connectivity index (χ0) is 15.0. The summed E-state index contributed by atoms with van der Waals surface area (Å²) >= 11 is 0. The van der Waals surface area contributed by atoms with Crippen LogP contribution >= 0.6 is 0 Å². The van der Waals surface area contributed by atoms with E-state index in [1.807, 2.05) is 18.2 Å². The summed E-state index contributed by atoms with van der Waals surface area (Å²) in [6.45, 7) is 8.87. The lowest BCUT2D eigenvalue weighted by molar-refractivity contribution is 0.282. The van der Waals surface area contributed by atoms with Crippen LogP contribution in [0.1, 0.15) is 56.2 Å². The summed E-state index contributed by atoms with van der Waals surface area (Å²) in [5.74, 6) is 1.23. The van der Waals surface area contributed by atoms with Crippen LogP contribution in [0.4, 0.5) is 0 Å². The van der Waals surface area contributed by atoms with Crippen molar-refractivity contribution in [3.63, 3.8) is 0 Å². The van der Waals surface area contributed by atoms with Crippen molar-refractivity contribution >= 4 is 0 Å². The van der Waals surface area contributed by atoms with E-state index >= 15 is 0 Å². The van der Waals surface area contributed by atoms with Crippen molar-refractivity contribution in [3.05, 3.63) is 71.3 Å². The Labute approximate surface area is 123 Å². The number of benzene rings is 2. The second-order valence-electron chi connectivity index (χ2n) is 5.62. The Morgan fingerprint density at radius 3 is 1.50 bits per heavy atom. The average molecular weight is 270 g/mol. The zero-order valence-electron chi connectivity index (χ0n) is 13.0. The molecule has 2 rings (SSSR count). The van der Waals surface area contributed by atoms with E-state index < -0.39 is 0 Å². The highest BCUT2D eigenvalue weighted by molar-refractivity contribution is 5.24. The Bertz CT molecular complexity index is 469. The average Bonchev–Trinajstić information content (AvgIpc) is 2.49. The van der Waals surface area contributed by atoms with Gasteiger partial charge in [-0.25, -0.2) is 0 Å². The highest BCUT2D eigenvalue weighted by atomic mass is 16.3. The van der Waals surface area contributed by atoms with Crippen LogP contribution in [0.3, 0.4) is 0 Å². The third kappa shape index (κ3) is 5.58. The Balaban J connectivity index is 0.000000204. The molecule has 0 unspecified atom stereocenters. The molecule has 0 radical (unpaired) electrons. The molecule has 20 heavy (non-hydrogen) atoms. The van der Waals surface area contributed by atoms with E-state index in [4.69, 9.17) is 5.11 Å². The summed E-state index contributed by atoms with van der Waals surface area (Å²) in [6, 6.07) is 18.6. The maximum absolute atomic E-state index is 8.77. The first-order valence-electron chi connectivity index (χ1n) is 7.29. The minimum absolute atomic E-state index is 0.137. The second-order valence-corrected chi connectivity index (χ2v) is 5.62. The minimum Gasteiger partial charge on any atom is -0.392 e. The Morgan fingerprint density at radius 2 is 1.15 bits per heavy atom. The first-order chi connectivity index (χ1) is 9.54. The van der Waals surface area contributed by atoms with E-state index in [2.05, 4.69) is 64.1 Å². The van der Waals surface area contributed by atoms with E-state index in [9.17, 15) is 0 Å². The lowest BCUT2D eigenvalue weighted by Gasteiger charge is -2.04. The van der Waals surface area contributed by atoms with Crippen LogP contribution in [0, 0.1) is 0 Å². The molecule has 0 heterocycles. The van der Waals surface area contributed by atoms with E-state index in [-0.39, 0.29) is 6.61 Å². The summed E-state index contributed by atoms with van der Waals surface area (Å²) in [5, 5.41) is 8.77. The first-order valence-corrected chi connectivity index (χ1v) is 7.29. The van der Waals surface area contributed by atoms with E-state index in [0.29, 0.717) is 11.8 Å². The molecule has 1 heteroatoms. The molecular weight excluding hydrogens is 244 g/mol. The van der Waals surface area contributed by atoms with Crippen LogP contribution in [0.25, 0.3) is 0 Å². The number of aliphatic hydroxyl groups is 1. The summed E-state index contributed by atoms with van der Waals surface area (Å²) in [7, 11) is 0. The SMILES string of the molecule is CC(C)c1ccc(CO)cc1.CC(C)c1ccccc1. The molecule has 0 aromatic heterocycles. The molecule has 108 valence electrons. The molecular formula is C19H26O. The molecule has 2 aromatic rings. The van der Waals surface area contributed by atoms with Gasteiger partial charge in [0.15, 0.2) is 0 Å². The topological polar surface area (TPSA) is 20.2 Å². The van der Waals surface area contributed by atoms with Crippen molar-refractivity contribution < 1.29 is 5.11 Å². The van der Waals surface area contributed by atoms with Crippen molar-refractivity contribution in [3.8, 4) is 0 Å². The standard InChI is InChI=1S/C10H14O.C9H12/c1-8(2)10-5-3-9(7-11)4-6-10;1-8(2)9-6-4-3-5-7-9/h3-6,8,11H,7H2,1-2H3;3-8H,1-2H3. The molecule has 1 N–H and O–H groups in total. The maximum Gasteiger partial charge on any atom is 0.0681 e. The van der Waals surface area contributed by atoms with Crippen LogP contribution in [0.2, 0.25) is 0 Å². The van der Waals surface area contributed by atoms with Gasteiger partial charge in [-0.15, -0.1) is 0 Å². The summed E-state index contributed by atoms with van der Waals surface area (Å²) in [6.07, 6.45) is 0. The lowest BCUT2D eigenvalue weighted by atomic mass is 10.0. The van der Waals surface area contributed by atoms with Gasteiger partial charge in [0.2, 0.25) is 0 Å². The van der Waals surface area contributed by atoms with Crippen molar-refractivity contribution in [1.29, 1.82) is 0 Å². The third-order valence-electron chi connectivity index (χ3n) is 3.30. The quantitative estimate of drug-likeness (QED) is 0.821. The van der Waals surface area contributed by atoms with Gasteiger partial charge < -0.3 is 5.11 Å². The fourth-order valence-corrected chi connectivity index (χ4v) is 1.85. The van der Waals surface area contributed by atoms with Gasteiger partial charge in [-0.05, 0) is 28.5 Å². The monoisotopic (exact) mass is 270 g/mol. The Hall–Kier alpha value is -1.60. The molecule has 0 spiro atoms. The molecule has 0 aliphatic carbocycles. The molecule has 0 atom stereocenters. The van der Waals surface area contributed by atoms with Gasteiger partial charge in [-0.2, -0.15) is 0 Å². The predicted molar refractivity (Wildman–Crippen MR) is 87.0 cm³/mol. The van der Waals surface area contributed by atoms with Crippen LogP contribution in [0.5, 0.6) is 0 Å². The number of hydrogen-bond donors (Lipinski definition) is 1.